The summed E-state index contributed by atoms with van der Waals surface area (Å²) in [7, 11) is 0. The summed E-state index contributed by atoms with van der Waals surface area (Å²) in [6.45, 7) is 6.33. The van der Waals surface area contributed by atoms with Crippen LogP contribution in [0.3, 0.4) is 0 Å². The predicted molar refractivity (Wildman–Crippen MR) is 100.0 cm³/mol. The monoisotopic (exact) mass is 374 g/mol. The highest BCUT2D eigenvalue weighted by Crippen LogP contribution is 2.17. The summed E-state index contributed by atoms with van der Waals surface area (Å²) in [5, 5.41) is 2.54. The van der Waals surface area contributed by atoms with Gasteiger partial charge in [-0.15, -0.1) is 0 Å². The van der Waals surface area contributed by atoms with E-state index in [4.69, 9.17) is 21.0 Å². The number of ether oxygens (including phenoxy) is 1. The molecular formula is C18H22N4O5. The molecule has 1 amide bonds. The average Bonchev–Trinajstić information content (AvgIpc) is 2.67. The Hall–Kier alpha value is -3.35. The molecule has 0 aliphatic rings. The van der Waals surface area contributed by atoms with Gasteiger partial charge in [0.1, 0.15) is 18.0 Å². The SMILES string of the molecule is C=C(C)CONCCOC(=O)NCc1cc(C(N)=C=O)cc(C(N)=C=O)c1. The van der Waals surface area contributed by atoms with E-state index in [0.29, 0.717) is 29.8 Å². The number of hydrogen-bond acceptors (Lipinski definition) is 8. The minimum absolute atomic E-state index is 0.0670. The van der Waals surface area contributed by atoms with Gasteiger partial charge in [0.2, 0.25) is 0 Å². The van der Waals surface area contributed by atoms with Gasteiger partial charge in [-0.25, -0.2) is 14.4 Å². The highest BCUT2D eigenvalue weighted by atomic mass is 16.6. The van der Waals surface area contributed by atoms with Crippen LogP contribution in [0.5, 0.6) is 0 Å². The second-order valence-corrected chi connectivity index (χ2v) is 5.58. The van der Waals surface area contributed by atoms with E-state index >= 15 is 0 Å². The maximum Gasteiger partial charge on any atom is 0.407 e. The van der Waals surface area contributed by atoms with Crippen LogP contribution >= 0.6 is 0 Å². The predicted octanol–water partition coefficient (Wildman–Crippen LogP) is 0.273. The maximum absolute atomic E-state index is 11.7. The number of hydrogen-bond donors (Lipinski definition) is 4. The molecule has 6 N–H and O–H groups in total. The molecule has 27 heavy (non-hydrogen) atoms. The second kappa shape index (κ2) is 11.3. The topological polar surface area (TPSA) is 146 Å². The lowest BCUT2D eigenvalue weighted by Gasteiger charge is -2.10. The van der Waals surface area contributed by atoms with E-state index in [1.165, 1.54) is 6.07 Å². The normalized spacial score (nSPS) is 9.67. The summed E-state index contributed by atoms with van der Waals surface area (Å²) >= 11 is 0. The fourth-order valence-electron chi connectivity index (χ4n) is 1.88. The van der Waals surface area contributed by atoms with Gasteiger partial charge in [-0.2, -0.15) is 5.48 Å². The molecule has 9 nitrogen and oxygen atoms in total. The van der Waals surface area contributed by atoms with Crippen molar-refractivity contribution >= 4 is 29.4 Å². The van der Waals surface area contributed by atoms with Gasteiger partial charge in [0, 0.05) is 17.7 Å². The smallest absolute Gasteiger partial charge is 0.407 e. The van der Waals surface area contributed by atoms with Crippen molar-refractivity contribution in [3.8, 4) is 0 Å². The molecule has 0 radical (unpaired) electrons. The molecule has 0 heterocycles. The average molecular weight is 374 g/mol. The Morgan fingerprint density at radius 3 is 2.26 bits per heavy atom. The van der Waals surface area contributed by atoms with Crippen molar-refractivity contribution in [3.63, 3.8) is 0 Å². The Morgan fingerprint density at radius 2 is 1.74 bits per heavy atom. The number of benzene rings is 1. The zero-order valence-electron chi connectivity index (χ0n) is 15.0. The van der Waals surface area contributed by atoms with Crippen molar-refractivity contribution in [3.05, 3.63) is 47.0 Å². The van der Waals surface area contributed by atoms with Crippen molar-refractivity contribution in [1.29, 1.82) is 0 Å². The van der Waals surface area contributed by atoms with Crippen LogP contribution in [0, 0.1) is 0 Å². The lowest BCUT2D eigenvalue weighted by Crippen LogP contribution is -2.28. The molecule has 0 aliphatic heterocycles. The fraction of sp³-hybridized carbons (Fsp3) is 0.278. The van der Waals surface area contributed by atoms with Crippen LogP contribution in [0.15, 0.2) is 30.4 Å². The zero-order chi connectivity index (χ0) is 20.2. The molecule has 0 bridgehead atoms. The minimum atomic E-state index is -0.651. The minimum Gasteiger partial charge on any atom is -0.448 e. The number of carbonyl (C=O) groups is 1. The van der Waals surface area contributed by atoms with E-state index in [9.17, 15) is 14.4 Å². The van der Waals surface area contributed by atoms with Crippen LogP contribution in [0.1, 0.15) is 23.6 Å². The molecule has 0 atom stereocenters. The molecule has 0 spiro atoms. The Balaban J connectivity index is 2.60. The third-order valence-corrected chi connectivity index (χ3v) is 3.13. The van der Waals surface area contributed by atoms with Crippen LogP contribution in [-0.2, 0) is 25.7 Å². The molecule has 0 saturated heterocycles. The van der Waals surface area contributed by atoms with Gasteiger partial charge in [-0.1, -0.05) is 12.2 Å². The van der Waals surface area contributed by atoms with E-state index < -0.39 is 6.09 Å². The summed E-state index contributed by atoms with van der Waals surface area (Å²) in [5.74, 6) is 3.14. The summed E-state index contributed by atoms with van der Waals surface area (Å²) in [6.07, 6.45) is -0.651. The Morgan fingerprint density at radius 1 is 1.15 bits per heavy atom. The van der Waals surface area contributed by atoms with E-state index in [1.807, 2.05) is 6.92 Å². The molecular weight excluding hydrogens is 352 g/mol. The fourth-order valence-corrected chi connectivity index (χ4v) is 1.88. The Bertz CT molecular complexity index is 751. The quantitative estimate of drug-likeness (QED) is 0.198. The number of nitrogens with one attached hydrogen (secondary N) is 2. The third kappa shape index (κ3) is 8.04. The van der Waals surface area contributed by atoms with Gasteiger partial charge in [0.15, 0.2) is 11.9 Å². The molecule has 1 aromatic carbocycles. The van der Waals surface area contributed by atoms with Gasteiger partial charge in [0.25, 0.3) is 0 Å². The van der Waals surface area contributed by atoms with Crippen molar-refractivity contribution < 1.29 is 24.0 Å². The molecule has 0 fully saturated rings. The summed E-state index contributed by atoms with van der Waals surface area (Å²) in [5.41, 5.74) is 15.5. The first kappa shape index (κ1) is 21.7. The first-order valence-corrected chi connectivity index (χ1v) is 7.93. The summed E-state index contributed by atoms with van der Waals surface area (Å²) in [6, 6.07) is 4.59. The number of alkyl carbamates (subject to hydrolysis) is 1. The summed E-state index contributed by atoms with van der Waals surface area (Å²) < 4.78 is 4.97. The Labute approximate surface area is 156 Å². The summed E-state index contributed by atoms with van der Waals surface area (Å²) in [4.78, 5) is 38.3. The molecule has 0 unspecified atom stereocenters. The first-order valence-electron chi connectivity index (χ1n) is 7.93. The lowest BCUT2D eigenvalue weighted by molar-refractivity contribution is 0.0433. The number of rotatable bonds is 10. The van der Waals surface area contributed by atoms with Crippen molar-refractivity contribution in [1.82, 2.24) is 10.8 Å². The van der Waals surface area contributed by atoms with Gasteiger partial charge in [-0.05, 0) is 30.7 Å². The van der Waals surface area contributed by atoms with E-state index in [-0.39, 0.29) is 24.5 Å². The van der Waals surface area contributed by atoms with Crippen LogP contribution in [0.4, 0.5) is 4.79 Å². The largest absolute Gasteiger partial charge is 0.448 e. The zero-order valence-corrected chi connectivity index (χ0v) is 15.0. The number of nitrogens with two attached hydrogens (primary N) is 2. The number of amides is 1. The highest BCUT2D eigenvalue weighted by Gasteiger charge is 2.08. The molecule has 0 aliphatic carbocycles. The molecule has 0 saturated carbocycles. The van der Waals surface area contributed by atoms with E-state index in [1.54, 1.807) is 24.0 Å². The number of hydroxylamine groups is 1. The van der Waals surface area contributed by atoms with Gasteiger partial charge >= 0.3 is 6.09 Å². The molecule has 1 aromatic rings. The van der Waals surface area contributed by atoms with Gasteiger partial charge < -0.3 is 21.5 Å². The van der Waals surface area contributed by atoms with Crippen LogP contribution < -0.4 is 22.3 Å². The third-order valence-electron chi connectivity index (χ3n) is 3.13. The van der Waals surface area contributed by atoms with Crippen molar-refractivity contribution in [2.45, 2.75) is 13.5 Å². The van der Waals surface area contributed by atoms with E-state index in [2.05, 4.69) is 17.4 Å². The van der Waals surface area contributed by atoms with Crippen LogP contribution in [0.25, 0.3) is 11.4 Å². The van der Waals surface area contributed by atoms with Crippen molar-refractivity contribution in [2.75, 3.05) is 19.8 Å². The Kier molecular flexibility index (Phi) is 9.08. The maximum atomic E-state index is 11.7. The van der Waals surface area contributed by atoms with Crippen LogP contribution in [-0.4, -0.2) is 37.7 Å². The molecule has 9 heteroatoms. The van der Waals surface area contributed by atoms with Gasteiger partial charge in [-0.3, -0.25) is 4.84 Å². The van der Waals surface area contributed by atoms with Crippen LogP contribution in [0.2, 0.25) is 0 Å². The lowest BCUT2D eigenvalue weighted by atomic mass is 10.0. The van der Waals surface area contributed by atoms with E-state index in [0.717, 1.165) is 5.57 Å². The van der Waals surface area contributed by atoms with Gasteiger partial charge in [0.05, 0.1) is 13.2 Å². The molecule has 144 valence electrons. The standard InChI is InChI=1S/C18H22N4O5/c1-12(2)11-27-22-3-4-26-18(25)21-8-13-5-14(16(19)9-23)7-15(6-13)17(20)10-24/h5-7,22H,1,3-4,8,11,19-20H2,2H3,(H,21,25). The molecule has 0 aromatic heterocycles. The highest BCUT2D eigenvalue weighted by molar-refractivity contribution is 5.89. The van der Waals surface area contributed by atoms with Crippen molar-refractivity contribution in [2.24, 2.45) is 11.5 Å². The second-order valence-electron chi connectivity index (χ2n) is 5.58. The number of carbonyl (C=O) groups excluding carboxylic acids is 3. The first-order chi connectivity index (χ1) is 12.9. The molecule has 1 rings (SSSR count).